The SMILES string of the molecule is CCCCCC.CCCCCC.CCCCCC.CCCCCC.CCCCCC.Cc1ccccc1. The van der Waals surface area contributed by atoms with Gasteiger partial charge in [0.1, 0.15) is 0 Å². The summed E-state index contributed by atoms with van der Waals surface area (Å²) in [5.41, 5.74) is 1.32. The number of hydrogen-bond acceptors (Lipinski definition) is 0. The van der Waals surface area contributed by atoms with Gasteiger partial charge in [-0.2, -0.15) is 0 Å². The summed E-state index contributed by atoms with van der Waals surface area (Å²) in [7, 11) is 0. The Kier molecular flexibility index (Phi) is 69.3. The van der Waals surface area contributed by atoms with Gasteiger partial charge in [-0.15, -0.1) is 0 Å². The predicted octanol–water partition coefficient (Wildman–Crippen LogP) is 14.9. The minimum atomic E-state index is 1.32. The van der Waals surface area contributed by atoms with Crippen LogP contribution in [0, 0.1) is 6.92 Å². The van der Waals surface area contributed by atoms with Crippen LogP contribution in [-0.2, 0) is 0 Å². The Morgan fingerprint density at radius 1 is 0.297 bits per heavy atom. The smallest absolute Gasteiger partial charge is 0.0398 e. The van der Waals surface area contributed by atoms with Crippen LogP contribution < -0.4 is 0 Å². The van der Waals surface area contributed by atoms with Gasteiger partial charge in [0.05, 0.1) is 0 Å². The molecule has 0 spiro atoms. The quantitative estimate of drug-likeness (QED) is 0.201. The fourth-order valence-corrected chi connectivity index (χ4v) is 3.03. The van der Waals surface area contributed by atoms with Crippen LogP contribution in [0.15, 0.2) is 30.3 Å². The highest BCUT2D eigenvalue weighted by atomic mass is 13.8. The van der Waals surface area contributed by atoms with Gasteiger partial charge >= 0.3 is 0 Å². The number of rotatable bonds is 15. The highest BCUT2D eigenvalue weighted by Gasteiger charge is 1.77. The molecule has 0 amide bonds. The molecular weight excluding hydrogens is 444 g/mol. The molecule has 0 saturated carbocycles. The normalized spacial score (nSPS) is 8.95. The van der Waals surface area contributed by atoms with E-state index in [4.69, 9.17) is 0 Å². The van der Waals surface area contributed by atoms with E-state index in [-0.39, 0.29) is 0 Å². The summed E-state index contributed by atoms with van der Waals surface area (Å²) in [6, 6.07) is 10.3. The molecule has 0 N–H and O–H groups in total. The van der Waals surface area contributed by atoms with E-state index < -0.39 is 0 Å². The predicted molar refractivity (Wildman–Crippen MR) is 180 cm³/mol. The van der Waals surface area contributed by atoms with Crippen LogP contribution in [0.25, 0.3) is 0 Å². The molecule has 0 aliphatic rings. The van der Waals surface area contributed by atoms with Gasteiger partial charge in [0.2, 0.25) is 0 Å². The molecule has 0 saturated heterocycles. The first-order chi connectivity index (χ1) is 18.0. The van der Waals surface area contributed by atoms with Gasteiger partial charge in [0.15, 0.2) is 0 Å². The lowest BCUT2D eigenvalue weighted by atomic mass is 10.2. The molecule has 0 heteroatoms. The molecule has 0 fully saturated rings. The fourth-order valence-electron chi connectivity index (χ4n) is 3.03. The Balaban J connectivity index is -0.000000111. The van der Waals surface area contributed by atoms with Crippen molar-refractivity contribution in [3.05, 3.63) is 35.9 Å². The highest BCUT2D eigenvalue weighted by Crippen LogP contribution is 1.97. The van der Waals surface area contributed by atoms with Crippen molar-refractivity contribution in [3.8, 4) is 0 Å². The molecule has 0 bridgehead atoms. The summed E-state index contributed by atoms with van der Waals surface area (Å²) in [5.74, 6) is 0. The molecule has 0 radical (unpaired) electrons. The number of unbranched alkanes of at least 4 members (excludes halogenated alkanes) is 15. The van der Waals surface area contributed by atoms with Crippen molar-refractivity contribution in [2.24, 2.45) is 0 Å². The van der Waals surface area contributed by atoms with Crippen LogP contribution in [0.3, 0.4) is 0 Å². The molecule has 37 heavy (non-hydrogen) atoms. The largest absolute Gasteiger partial charge is 0.0654 e. The first-order valence-corrected chi connectivity index (χ1v) is 17.0. The molecule has 1 rings (SSSR count). The standard InChI is InChI=1S/C7H8.5C6H14/c1-7-5-3-2-4-6-7;5*1-3-5-6-4-2/h2-6H,1H3;5*3-6H2,1-2H3. The van der Waals surface area contributed by atoms with Crippen LogP contribution in [-0.4, -0.2) is 0 Å². The van der Waals surface area contributed by atoms with E-state index in [0.29, 0.717) is 0 Å². The Bertz CT molecular complexity index is 314. The van der Waals surface area contributed by atoms with E-state index >= 15 is 0 Å². The number of benzene rings is 1. The summed E-state index contributed by atoms with van der Waals surface area (Å²) in [6.45, 7) is 24.4. The zero-order valence-electron chi connectivity index (χ0n) is 28.5. The molecule has 226 valence electrons. The van der Waals surface area contributed by atoms with E-state index in [2.05, 4.69) is 88.3 Å². The van der Waals surface area contributed by atoms with Gasteiger partial charge < -0.3 is 0 Å². The van der Waals surface area contributed by atoms with Crippen LogP contribution >= 0.6 is 0 Å². The van der Waals surface area contributed by atoms with Crippen LogP contribution in [0.5, 0.6) is 0 Å². The second-order valence-electron chi connectivity index (χ2n) is 10.2. The molecule has 0 aliphatic heterocycles. The minimum Gasteiger partial charge on any atom is -0.0654 e. The molecule has 0 nitrogen and oxygen atoms in total. The third-order valence-corrected chi connectivity index (χ3v) is 5.73. The van der Waals surface area contributed by atoms with Crippen molar-refractivity contribution in [3.63, 3.8) is 0 Å². The summed E-state index contributed by atoms with van der Waals surface area (Å²) >= 11 is 0. The van der Waals surface area contributed by atoms with E-state index in [0.717, 1.165) is 0 Å². The number of aryl methyl sites for hydroxylation is 1. The van der Waals surface area contributed by atoms with Crippen molar-refractivity contribution < 1.29 is 0 Å². The molecular formula is C37H78. The summed E-state index contributed by atoms with van der Waals surface area (Å²) in [5, 5.41) is 0. The van der Waals surface area contributed by atoms with Gasteiger partial charge in [-0.25, -0.2) is 0 Å². The third-order valence-electron chi connectivity index (χ3n) is 5.73. The Labute approximate surface area is 240 Å². The van der Waals surface area contributed by atoms with Gasteiger partial charge in [0.25, 0.3) is 0 Å². The molecule has 0 heterocycles. The van der Waals surface area contributed by atoms with Crippen molar-refractivity contribution in [1.29, 1.82) is 0 Å². The van der Waals surface area contributed by atoms with Gasteiger partial charge in [-0.05, 0) is 6.92 Å². The van der Waals surface area contributed by atoms with Crippen molar-refractivity contribution in [1.82, 2.24) is 0 Å². The zero-order chi connectivity index (χ0) is 29.3. The molecule has 1 aromatic rings. The van der Waals surface area contributed by atoms with Crippen molar-refractivity contribution in [2.45, 2.75) is 205 Å². The average Bonchev–Trinajstić information content (AvgIpc) is 2.93. The number of hydrogen-bond donors (Lipinski definition) is 0. The van der Waals surface area contributed by atoms with Crippen LogP contribution in [0.1, 0.15) is 203 Å². The van der Waals surface area contributed by atoms with Crippen LogP contribution in [0.4, 0.5) is 0 Å². The first-order valence-electron chi connectivity index (χ1n) is 17.0. The van der Waals surface area contributed by atoms with Gasteiger partial charge in [-0.1, -0.05) is 234 Å². The topological polar surface area (TPSA) is 0 Å². The maximum Gasteiger partial charge on any atom is -0.0398 e. The lowest BCUT2D eigenvalue weighted by molar-refractivity contribution is 0.702. The van der Waals surface area contributed by atoms with E-state index in [1.54, 1.807) is 0 Å². The summed E-state index contributed by atoms with van der Waals surface area (Å²) in [4.78, 5) is 0. The third kappa shape index (κ3) is 78.7. The second-order valence-corrected chi connectivity index (χ2v) is 10.2. The summed E-state index contributed by atoms with van der Waals surface area (Å²) in [6.07, 6.45) is 27.7. The van der Waals surface area contributed by atoms with Gasteiger partial charge in [0, 0.05) is 0 Å². The van der Waals surface area contributed by atoms with Crippen molar-refractivity contribution in [2.75, 3.05) is 0 Å². The van der Waals surface area contributed by atoms with E-state index in [1.165, 1.54) is 134 Å². The maximum absolute atomic E-state index is 2.23. The van der Waals surface area contributed by atoms with Gasteiger partial charge in [-0.3, -0.25) is 0 Å². The highest BCUT2D eigenvalue weighted by molar-refractivity contribution is 5.11. The summed E-state index contributed by atoms with van der Waals surface area (Å²) < 4.78 is 0. The average molecular weight is 523 g/mol. The van der Waals surface area contributed by atoms with E-state index in [1.807, 2.05) is 18.2 Å². The Morgan fingerprint density at radius 2 is 0.459 bits per heavy atom. The lowest BCUT2D eigenvalue weighted by Gasteiger charge is -1.86. The molecule has 0 aromatic heterocycles. The fraction of sp³-hybridized carbons (Fsp3) is 0.838. The van der Waals surface area contributed by atoms with Crippen LogP contribution in [0.2, 0.25) is 0 Å². The monoisotopic (exact) mass is 523 g/mol. The molecule has 0 aliphatic carbocycles. The molecule has 1 aromatic carbocycles. The molecule has 0 unspecified atom stereocenters. The van der Waals surface area contributed by atoms with Crippen molar-refractivity contribution >= 4 is 0 Å². The Hall–Kier alpha value is -0.780. The Morgan fingerprint density at radius 3 is 0.541 bits per heavy atom. The lowest BCUT2D eigenvalue weighted by Crippen LogP contribution is -1.66. The molecule has 0 atom stereocenters. The second kappa shape index (κ2) is 55.7. The maximum atomic E-state index is 2.23. The minimum absolute atomic E-state index is 1.32. The first kappa shape index (κ1) is 46.1. The van der Waals surface area contributed by atoms with E-state index in [9.17, 15) is 0 Å². The zero-order valence-corrected chi connectivity index (χ0v) is 28.5.